The number of likely N-dealkylation sites (N-methyl/N-ethyl adjacent to an activating group) is 1. The molecule has 0 aromatic carbocycles. The topological polar surface area (TPSA) is 41.6 Å². The molecule has 122 valence electrons. The van der Waals surface area contributed by atoms with Crippen LogP contribution in [0.25, 0.3) is 0 Å². The summed E-state index contributed by atoms with van der Waals surface area (Å²) in [5.74, 6) is 1.67. The van der Waals surface area contributed by atoms with Crippen molar-refractivity contribution in [2.45, 2.75) is 58.4 Å². The van der Waals surface area contributed by atoms with Gasteiger partial charge in [-0.05, 0) is 31.7 Å². The number of nitrogens with one attached hydrogen (secondary N) is 1. The van der Waals surface area contributed by atoms with E-state index in [0.717, 1.165) is 58.0 Å². The van der Waals surface area contributed by atoms with E-state index in [2.05, 4.69) is 24.1 Å². The molecule has 2 aliphatic heterocycles. The lowest BCUT2D eigenvalue weighted by molar-refractivity contribution is -0.131. The SMILES string of the molecule is CCCC1CCC(=O)N(CC(NCC)C2CCOC2)CC1. The van der Waals surface area contributed by atoms with Crippen LogP contribution in [-0.4, -0.2) is 49.7 Å². The van der Waals surface area contributed by atoms with Crippen LogP contribution in [0.15, 0.2) is 0 Å². The first-order valence-electron chi connectivity index (χ1n) is 8.83. The average Bonchev–Trinajstić information content (AvgIpc) is 2.95. The maximum Gasteiger partial charge on any atom is 0.222 e. The Morgan fingerprint density at radius 3 is 2.86 bits per heavy atom. The number of amides is 1. The van der Waals surface area contributed by atoms with Gasteiger partial charge in [-0.1, -0.05) is 26.7 Å². The molecule has 0 aromatic heterocycles. The number of nitrogens with zero attached hydrogens (tertiary/aromatic N) is 1. The zero-order valence-corrected chi connectivity index (χ0v) is 13.8. The van der Waals surface area contributed by atoms with Gasteiger partial charge in [0.2, 0.25) is 5.91 Å². The molecule has 2 saturated heterocycles. The lowest BCUT2D eigenvalue weighted by Crippen LogP contribution is -2.47. The van der Waals surface area contributed by atoms with Crippen LogP contribution in [0.1, 0.15) is 52.4 Å². The molecule has 2 heterocycles. The molecular weight excluding hydrogens is 264 g/mol. The largest absolute Gasteiger partial charge is 0.381 e. The Kier molecular flexibility index (Phi) is 6.97. The number of carbonyl (C=O) groups is 1. The first kappa shape index (κ1) is 16.8. The summed E-state index contributed by atoms with van der Waals surface area (Å²) >= 11 is 0. The smallest absolute Gasteiger partial charge is 0.222 e. The van der Waals surface area contributed by atoms with Gasteiger partial charge in [0.05, 0.1) is 6.61 Å². The quantitative estimate of drug-likeness (QED) is 0.784. The minimum atomic E-state index is 0.357. The molecule has 3 unspecified atom stereocenters. The Balaban J connectivity index is 1.90. The van der Waals surface area contributed by atoms with Crippen molar-refractivity contribution >= 4 is 5.91 Å². The Bertz CT molecular complexity index is 316. The molecule has 0 aliphatic carbocycles. The maximum atomic E-state index is 12.4. The molecule has 4 nitrogen and oxygen atoms in total. The second kappa shape index (κ2) is 8.74. The lowest BCUT2D eigenvalue weighted by Gasteiger charge is -2.30. The standard InChI is InChI=1S/C17H32N2O2/c1-3-5-14-6-7-17(20)19(10-8-14)12-16(18-4-2)15-9-11-21-13-15/h14-16,18H,3-13H2,1-2H3. The lowest BCUT2D eigenvalue weighted by atomic mass is 9.96. The summed E-state index contributed by atoms with van der Waals surface area (Å²) in [5, 5.41) is 3.58. The van der Waals surface area contributed by atoms with Crippen molar-refractivity contribution in [3.8, 4) is 0 Å². The van der Waals surface area contributed by atoms with E-state index in [4.69, 9.17) is 4.74 Å². The molecule has 3 atom stereocenters. The highest BCUT2D eigenvalue weighted by Crippen LogP contribution is 2.24. The van der Waals surface area contributed by atoms with Crippen molar-refractivity contribution in [3.05, 3.63) is 0 Å². The highest BCUT2D eigenvalue weighted by Gasteiger charge is 2.29. The molecule has 0 spiro atoms. The van der Waals surface area contributed by atoms with Gasteiger partial charge in [0.1, 0.15) is 0 Å². The molecule has 2 aliphatic rings. The van der Waals surface area contributed by atoms with Crippen LogP contribution in [0, 0.1) is 11.8 Å². The van der Waals surface area contributed by atoms with E-state index < -0.39 is 0 Å². The molecule has 0 bridgehead atoms. The van der Waals surface area contributed by atoms with Crippen molar-refractivity contribution < 1.29 is 9.53 Å². The minimum Gasteiger partial charge on any atom is -0.381 e. The molecule has 2 rings (SSSR count). The van der Waals surface area contributed by atoms with Crippen molar-refractivity contribution in [2.75, 3.05) is 32.8 Å². The fourth-order valence-corrected chi connectivity index (χ4v) is 3.73. The Morgan fingerprint density at radius 1 is 1.33 bits per heavy atom. The minimum absolute atomic E-state index is 0.357. The Hall–Kier alpha value is -0.610. The summed E-state index contributed by atoms with van der Waals surface area (Å²) < 4.78 is 5.53. The van der Waals surface area contributed by atoms with Crippen molar-refractivity contribution in [1.82, 2.24) is 10.2 Å². The fourth-order valence-electron chi connectivity index (χ4n) is 3.73. The zero-order chi connectivity index (χ0) is 15.1. The van der Waals surface area contributed by atoms with Gasteiger partial charge in [0.25, 0.3) is 0 Å². The van der Waals surface area contributed by atoms with E-state index >= 15 is 0 Å². The highest BCUT2D eigenvalue weighted by atomic mass is 16.5. The third-order valence-electron chi connectivity index (χ3n) is 5.04. The predicted octanol–water partition coefficient (Wildman–Crippen LogP) is 2.43. The summed E-state index contributed by atoms with van der Waals surface area (Å²) in [6.07, 6.45) is 6.64. The number of hydrogen-bond acceptors (Lipinski definition) is 3. The van der Waals surface area contributed by atoms with Crippen LogP contribution in [-0.2, 0) is 9.53 Å². The van der Waals surface area contributed by atoms with E-state index in [-0.39, 0.29) is 0 Å². The molecule has 21 heavy (non-hydrogen) atoms. The molecule has 4 heteroatoms. The normalized spacial score (nSPS) is 28.7. The summed E-state index contributed by atoms with van der Waals surface area (Å²) in [4.78, 5) is 14.5. The Morgan fingerprint density at radius 2 is 2.19 bits per heavy atom. The fraction of sp³-hybridized carbons (Fsp3) is 0.941. The van der Waals surface area contributed by atoms with E-state index in [1.807, 2.05) is 0 Å². The third-order valence-corrected chi connectivity index (χ3v) is 5.04. The van der Waals surface area contributed by atoms with E-state index in [1.54, 1.807) is 0 Å². The van der Waals surface area contributed by atoms with Crippen LogP contribution >= 0.6 is 0 Å². The number of hydrogen-bond donors (Lipinski definition) is 1. The molecule has 0 saturated carbocycles. The summed E-state index contributed by atoms with van der Waals surface area (Å²) in [6, 6.07) is 0.393. The average molecular weight is 296 g/mol. The van der Waals surface area contributed by atoms with E-state index in [9.17, 15) is 4.79 Å². The molecular formula is C17H32N2O2. The molecule has 0 aromatic rings. The molecule has 2 fully saturated rings. The van der Waals surface area contributed by atoms with Crippen LogP contribution in [0.3, 0.4) is 0 Å². The van der Waals surface area contributed by atoms with Crippen LogP contribution in [0.5, 0.6) is 0 Å². The van der Waals surface area contributed by atoms with Crippen molar-refractivity contribution in [2.24, 2.45) is 11.8 Å². The van der Waals surface area contributed by atoms with Gasteiger partial charge in [-0.25, -0.2) is 0 Å². The summed E-state index contributed by atoms with van der Waals surface area (Å²) in [5.41, 5.74) is 0. The zero-order valence-electron chi connectivity index (χ0n) is 13.8. The first-order valence-corrected chi connectivity index (χ1v) is 8.83. The first-order chi connectivity index (χ1) is 10.2. The van der Waals surface area contributed by atoms with Crippen molar-refractivity contribution in [3.63, 3.8) is 0 Å². The predicted molar refractivity (Wildman–Crippen MR) is 85.2 cm³/mol. The van der Waals surface area contributed by atoms with Gasteiger partial charge in [-0.2, -0.15) is 0 Å². The second-order valence-electron chi connectivity index (χ2n) is 6.61. The van der Waals surface area contributed by atoms with Gasteiger partial charge in [0.15, 0.2) is 0 Å². The van der Waals surface area contributed by atoms with Gasteiger partial charge < -0.3 is 15.0 Å². The van der Waals surface area contributed by atoms with Gasteiger partial charge >= 0.3 is 0 Å². The summed E-state index contributed by atoms with van der Waals surface area (Å²) in [7, 11) is 0. The van der Waals surface area contributed by atoms with Crippen molar-refractivity contribution in [1.29, 1.82) is 0 Å². The number of rotatable bonds is 7. The molecule has 1 amide bonds. The molecule has 1 N–H and O–H groups in total. The monoisotopic (exact) mass is 296 g/mol. The third kappa shape index (κ3) is 4.96. The van der Waals surface area contributed by atoms with E-state index in [0.29, 0.717) is 17.9 Å². The summed E-state index contributed by atoms with van der Waals surface area (Å²) in [6.45, 7) is 8.87. The number of carbonyl (C=O) groups excluding carboxylic acids is 1. The highest BCUT2D eigenvalue weighted by molar-refractivity contribution is 5.76. The van der Waals surface area contributed by atoms with Gasteiger partial charge in [-0.15, -0.1) is 0 Å². The maximum absolute atomic E-state index is 12.4. The van der Waals surface area contributed by atoms with Crippen LogP contribution in [0.4, 0.5) is 0 Å². The molecule has 0 radical (unpaired) electrons. The van der Waals surface area contributed by atoms with Gasteiger partial charge in [-0.3, -0.25) is 4.79 Å². The number of likely N-dealkylation sites (tertiary alicyclic amines) is 1. The number of ether oxygens (including phenoxy) is 1. The van der Waals surface area contributed by atoms with E-state index in [1.165, 1.54) is 19.3 Å². The van der Waals surface area contributed by atoms with Crippen LogP contribution < -0.4 is 5.32 Å². The van der Waals surface area contributed by atoms with Crippen LogP contribution in [0.2, 0.25) is 0 Å². The van der Waals surface area contributed by atoms with Gasteiger partial charge in [0, 0.05) is 38.1 Å². The second-order valence-corrected chi connectivity index (χ2v) is 6.61. The Labute approximate surface area is 129 Å².